The molecule has 1 saturated carbocycles. The van der Waals surface area contributed by atoms with E-state index in [-0.39, 0.29) is 12.5 Å². The van der Waals surface area contributed by atoms with Crippen LogP contribution in [-0.2, 0) is 9.59 Å². The molecule has 0 aromatic heterocycles. The number of carbonyl (C=O) groups is 2. The van der Waals surface area contributed by atoms with Gasteiger partial charge in [0.05, 0.1) is 6.54 Å². The molecule has 2 rings (SSSR count). The second-order valence-corrected chi connectivity index (χ2v) is 6.28. The Balaban J connectivity index is 1.99. The van der Waals surface area contributed by atoms with Gasteiger partial charge >= 0.3 is 5.97 Å². The third kappa shape index (κ3) is 3.84. The van der Waals surface area contributed by atoms with E-state index in [1.54, 1.807) is 6.92 Å². The number of carboxylic acid groups (broad SMARTS) is 1. The smallest absolute Gasteiger partial charge is 0.323 e. The minimum Gasteiger partial charge on any atom is -0.480 e. The van der Waals surface area contributed by atoms with E-state index in [0.717, 1.165) is 37.8 Å². The van der Waals surface area contributed by atoms with Crippen molar-refractivity contribution in [3.63, 3.8) is 0 Å². The van der Waals surface area contributed by atoms with E-state index < -0.39 is 11.5 Å². The van der Waals surface area contributed by atoms with Crippen molar-refractivity contribution in [2.24, 2.45) is 0 Å². The lowest BCUT2D eigenvalue weighted by Crippen LogP contribution is -2.53. The number of nitrogens with one attached hydrogen (secondary N) is 1. The molecule has 2 aliphatic rings. The molecule has 5 heteroatoms. The first-order valence-electron chi connectivity index (χ1n) is 7.97. The normalized spacial score (nSPS) is 21.3. The maximum Gasteiger partial charge on any atom is 0.323 e. The molecule has 2 aliphatic carbocycles. The highest BCUT2D eigenvalue weighted by Crippen LogP contribution is 2.33. The average molecular weight is 294 g/mol. The Labute approximate surface area is 126 Å². The van der Waals surface area contributed by atoms with Gasteiger partial charge in [-0.1, -0.05) is 13.0 Å². The molecule has 0 aromatic rings. The Bertz CT molecular complexity index is 443. The number of rotatable bonds is 7. The summed E-state index contributed by atoms with van der Waals surface area (Å²) >= 11 is 0. The maximum atomic E-state index is 12.5. The molecule has 0 radical (unpaired) electrons. The van der Waals surface area contributed by atoms with Crippen LogP contribution in [0.3, 0.4) is 0 Å². The van der Waals surface area contributed by atoms with Gasteiger partial charge in [0.2, 0.25) is 5.91 Å². The number of carboxylic acids is 1. The van der Waals surface area contributed by atoms with Gasteiger partial charge in [0, 0.05) is 11.7 Å². The number of hydrogen-bond donors (Lipinski definition) is 2. The monoisotopic (exact) mass is 294 g/mol. The number of amides is 1. The van der Waals surface area contributed by atoms with Crippen molar-refractivity contribution < 1.29 is 14.7 Å². The number of allylic oxidation sites excluding steroid dienone is 2. The zero-order valence-corrected chi connectivity index (χ0v) is 13.0. The highest BCUT2D eigenvalue weighted by atomic mass is 16.4. The lowest BCUT2D eigenvalue weighted by atomic mass is 9.99. The summed E-state index contributed by atoms with van der Waals surface area (Å²) < 4.78 is 0. The number of aliphatic carboxylic acids is 1. The first kappa shape index (κ1) is 16.0. The van der Waals surface area contributed by atoms with Crippen molar-refractivity contribution in [1.82, 2.24) is 10.2 Å². The summed E-state index contributed by atoms with van der Waals surface area (Å²) in [6.07, 6.45) is 9.09. The minimum absolute atomic E-state index is 0.00609. The molecule has 0 aromatic carbocycles. The van der Waals surface area contributed by atoms with E-state index in [4.69, 9.17) is 0 Å². The van der Waals surface area contributed by atoms with Crippen LogP contribution in [0.25, 0.3) is 0 Å². The Morgan fingerprint density at radius 2 is 2.14 bits per heavy atom. The van der Waals surface area contributed by atoms with Gasteiger partial charge in [0.15, 0.2) is 0 Å². The van der Waals surface area contributed by atoms with Gasteiger partial charge in [-0.25, -0.2) is 0 Å². The van der Waals surface area contributed by atoms with Crippen molar-refractivity contribution in [2.45, 2.75) is 70.4 Å². The van der Waals surface area contributed by atoms with Crippen LogP contribution >= 0.6 is 0 Å². The SMILES string of the molecule is CCC(C)(NCC(=O)N(C1=CCCCC1)C1CC1)C(=O)O. The number of nitrogens with zero attached hydrogens (tertiary/aromatic N) is 1. The second-order valence-electron chi connectivity index (χ2n) is 6.28. The molecular weight excluding hydrogens is 268 g/mol. The van der Waals surface area contributed by atoms with Gasteiger partial charge in [0.1, 0.15) is 5.54 Å². The molecule has 0 aliphatic heterocycles. The average Bonchev–Trinajstić information content (AvgIpc) is 3.30. The number of carbonyl (C=O) groups excluding carboxylic acids is 1. The summed E-state index contributed by atoms with van der Waals surface area (Å²) in [5.41, 5.74) is 0.107. The molecule has 2 N–H and O–H groups in total. The van der Waals surface area contributed by atoms with Crippen LogP contribution in [0.15, 0.2) is 11.8 Å². The third-order valence-electron chi connectivity index (χ3n) is 4.57. The lowest BCUT2D eigenvalue weighted by Gasteiger charge is -2.30. The Morgan fingerprint density at radius 3 is 2.62 bits per heavy atom. The van der Waals surface area contributed by atoms with Crippen molar-refractivity contribution >= 4 is 11.9 Å². The zero-order valence-electron chi connectivity index (χ0n) is 13.0. The molecule has 0 bridgehead atoms. The predicted octanol–water partition coefficient (Wildman–Crippen LogP) is 2.28. The van der Waals surface area contributed by atoms with E-state index in [1.807, 2.05) is 11.8 Å². The molecule has 21 heavy (non-hydrogen) atoms. The fraction of sp³-hybridized carbons (Fsp3) is 0.750. The Kier molecular flexibility index (Phi) is 5.04. The summed E-state index contributed by atoms with van der Waals surface area (Å²) in [7, 11) is 0. The van der Waals surface area contributed by atoms with Crippen LogP contribution in [0.1, 0.15) is 58.8 Å². The lowest BCUT2D eigenvalue weighted by molar-refractivity contribution is -0.144. The van der Waals surface area contributed by atoms with Crippen molar-refractivity contribution in [3.8, 4) is 0 Å². The second kappa shape index (κ2) is 6.60. The molecule has 0 spiro atoms. The summed E-state index contributed by atoms with van der Waals surface area (Å²) in [4.78, 5) is 25.7. The van der Waals surface area contributed by atoms with E-state index in [0.29, 0.717) is 12.5 Å². The van der Waals surface area contributed by atoms with Crippen LogP contribution in [0.4, 0.5) is 0 Å². The van der Waals surface area contributed by atoms with Crippen molar-refractivity contribution in [3.05, 3.63) is 11.8 Å². The molecule has 1 fully saturated rings. The zero-order chi connectivity index (χ0) is 15.5. The summed E-state index contributed by atoms with van der Waals surface area (Å²) in [5.74, 6) is -0.903. The Morgan fingerprint density at radius 1 is 1.43 bits per heavy atom. The molecule has 1 unspecified atom stereocenters. The maximum absolute atomic E-state index is 12.5. The minimum atomic E-state index is -1.04. The summed E-state index contributed by atoms with van der Waals surface area (Å²) in [5, 5.41) is 12.2. The van der Waals surface area contributed by atoms with Crippen molar-refractivity contribution in [2.75, 3.05) is 6.54 Å². The van der Waals surface area contributed by atoms with Crippen molar-refractivity contribution in [1.29, 1.82) is 0 Å². The summed E-state index contributed by atoms with van der Waals surface area (Å²) in [6.45, 7) is 3.53. The van der Waals surface area contributed by atoms with Gasteiger partial charge < -0.3 is 10.0 Å². The quantitative estimate of drug-likeness (QED) is 0.756. The molecule has 118 valence electrons. The topological polar surface area (TPSA) is 69.6 Å². The molecule has 0 heterocycles. The number of hydrogen-bond acceptors (Lipinski definition) is 3. The van der Waals surface area contributed by atoms with E-state index >= 15 is 0 Å². The first-order chi connectivity index (χ1) is 9.98. The van der Waals surface area contributed by atoms with Gasteiger partial charge in [0.25, 0.3) is 0 Å². The van der Waals surface area contributed by atoms with E-state index in [1.165, 1.54) is 6.42 Å². The largest absolute Gasteiger partial charge is 0.480 e. The highest BCUT2D eigenvalue weighted by Gasteiger charge is 2.37. The summed E-state index contributed by atoms with van der Waals surface area (Å²) in [6, 6.07) is 0.335. The molecule has 5 nitrogen and oxygen atoms in total. The highest BCUT2D eigenvalue weighted by molar-refractivity contribution is 5.83. The molecule has 0 saturated heterocycles. The molecule has 1 atom stereocenters. The van der Waals surface area contributed by atoms with Crippen LogP contribution in [0.2, 0.25) is 0 Å². The van der Waals surface area contributed by atoms with Gasteiger partial charge in [-0.05, 0) is 51.9 Å². The standard InChI is InChI=1S/C16H26N2O3/c1-3-16(2,15(20)21)17-11-14(19)18(13-9-10-13)12-7-5-4-6-8-12/h7,13,17H,3-6,8-11H2,1-2H3,(H,20,21). The Hall–Kier alpha value is -1.36. The van der Waals surface area contributed by atoms with Crippen LogP contribution in [0, 0.1) is 0 Å². The van der Waals surface area contributed by atoms with Crippen LogP contribution in [0.5, 0.6) is 0 Å². The molecular formula is C16H26N2O3. The third-order valence-corrected chi connectivity index (χ3v) is 4.57. The fourth-order valence-corrected chi connectivity index (χ4v) is 2.68. The molecule has 1 amide bonds. The van der Waals surface area contributed by atoms with Gasteiger partial charge in [-0.15, -0.1) is 0 Å². The fourth-order valence-electron chi connectivity index (χ4n) is 2.68. The van der Waals surface area contributed by atoms with Crippen LogP contribution in [-0.4, -0.2) is 40.0 Å². The van der Waals surface area contributed by atoms with Gasteiger partial charge in [-0.2, -0.15) is 0 Å². The van der Waals surface area contributed by atoms with E-state index in [9.17, 15) is 14.7 Å². The van der Waals surface area contributed by atoms with E-state index in [2.05, 4.69) is 11.4 Å². The van der Waals surface area contributed by atoms with Crippen LogP contribution < -0.4 is 5.32 Å². The van der Waals surface area contributed by atoms with Gasteiger partial charge in [-0.3, -0.25) is 14.9 Å². The first-order valence-corrected chi connectivity index (χ1v) is 7.97. The predicted molar refractivity (Wildman–Crippen MR) is 80.8 cm³/mol.